The van der Waals surface area contributed by atoms with E-state index < -0.39 is 34.4 Å². The van der Waals surface area contributed by atoms with Gasteiger partial charge in [-0.05, 0) is 30.7 Å². The molecule has 1 unspecified atom stereocenters. The number of carbonyl (C=O) groups is 2. The Morgan fingerprint density at radius 2 is 1.73 bits per heavy atom. The third-order valence-corrected chi connectivity index (χ3v) is 5.37. The van der Waals surface area contributed by atoms with E-state index in [1.54, 1.807) is 24.3 Å². The molecule has 0 saturated heterocycles. The Morgan fingerprint density at radius 1 is 1.04 bits per heavy atom. The van der Waals surface area contributed by atoms with Crippen molar-refractivity contribution in [1.82, 2.24) is 4.72 Å². The van der Waals surface area contributed by atoms with E-state index in [0.29, 0.717) is 16.6 Å². The molecule has 3 rings (SSSR count). The lowest BCUT2D eigenvalue weighted by Gasteiger charge is -2.14. The molecule has 0 aliphatic rings. The first-order chi connectivity index (χ1) is 12.3. The quantitative estimate of drug-likeness (QED) is 0.574. The summed E-state index contributed by atoms with van der Waals surface area (Å²) < 4.78 is 32.8. The van der Waals surface area contributed by atoms with Crippen molar-refractivity contribution in [3.8, 4) is 0 Å². The molecule has 8 nitrogen and oxygen atoms in total. The maximum Gasteiger partial charge on any atom is 0.321 e. The number of benzene rings is 2. The zero-order valence-electron chi connectivity index (χ0n) is 13.4. The van der Waals surface area contributed by atoms with Crippen LogP contribution in [0.1, 0.15) is 12.8 Å². The Balaban J connectivity index is 1.96. The van der Waals surface area contributed by atoms with Gasteiger partial charge in [-0.2, -0.15) is 4.72 Å². The molecule has 2 aromatic carbocycles. The molecular formula is C17H15NO7S. The van der Waals surface area contributed by atoms with Crippen LogP contribution >= 0.6 is 0 Å². The Morgan fingerprint density at radius 3 is 2.42 bits per heavy atom. The fraction of sp³-hybridized carbons (Fsp3) is 0.176. The normalized spacial score (nSPS) is 13.1. The number of sulfonamides is 1. The van der Waals surface area contributed by atoms with Gasteiger partial charge in [-0.25, -0.2) is 8.42 Å². The van der Waals surface area contributed by atoms with E-state index in [0.717, 1.165) is 5.39 Å². The van der Waals surface area contributed by atoms with E-state index in [9.17, 15) is 18.0 Å². The Labute approximate surface area is 148 Å². The molecule has 3 N–H and O–H groups in total. The SMILES string of the molecule is O=C(O)CCC(NS(=O)(=O)c1ccc2oc3ccccc3c2c1)C(=O)O. The summed E-state index contributed by atoms with van der Waals surface area (Å²) in [6, 6.07) is 9.81. The lowest BCUT2D eigenvalue weighted by atomic mass is 10.1. The molecule has 0 fully saturated rings. The van der Waals surface area contributed by atoms with Crippen molar-refractivity contribution in [3.63, 3.8) is 0 Å². The Hall–Kier alpha value is -2.91. The highest BCUT2D eigenvalue weighted by Gasteiger charge is 2.26. The number of fused-ring (bicyclic) bond motifs is 3. The molecular weight excluding hydrogens is 362 g/mol. The summed E-state index contributed by atoms with van der Waals surface area (Å²) in [7, 11) is -4.16. The number of carboxylic acids is 2. The smallest absolute Gasteiger partial charge is 0.321 e. The van der Waals surface area contributed by atoms with Gasteiger partial charge in [0.15, 0.2) is 0 Å². The van der Waals surface area contributed by atoms with Crippen molar-refractivity contribution in [1.29, 1.82) is 0 Å². The summed E-state index contributed by atoms with van der Waals surface area (Å²) in [5.41, 5.74) is 1.11. The molecule has 1 heterocycles. The van der Waals surface area contributed by atoms with Gasteiger partial charge in [0.2, 0.25) is 10.0 Å². The molecule has 9 heteroatoms. The molecule has 0 amide bonds. The van der Waals surface area contributed by atoms with Crippen LogP contribution in [0.4, 0.5) is 0 Å². The average molecular weight is 377 g/mol. The summed E-state index contributed by atoms with van der Waals surface area (Å²) in [6.07, 6.45) is -0.828. The second kappa shape index (κ2) is 6.77. The number of para-hydroxylation sites is 1. The number of furan rings is 1. The summed E-state index contributed by atoms with van der Waals surface area (Å²) in [4.78, 5) is 21.7. The standard InChI is InChI=1S/C17H15NO7S/c19-16(20)8-6-13(17(21)22)18-26(23,24)10-5-7-15-12(9-10)11-3-1-2-4-14(11)25-15/h1-5,7,9,13,18H,6,8H2,(H,19,20)(H,21,22). The van der Waals surface area contributed by atoms with Gasteiger partial charge in [-0.3, -0.25) is 9.59 Å². The van der Waals surface area contributed by atoms with Gasteiger partial charge in [-0.15, -0.1) is 0 Å². The highest BCUT2D eigenvalue weighted by atomic mass is 32.2. The van der Waals surface area contributed by atoms with Gasteiger partial charge >= 0.3 is 11.9 Å². The first-order valence-electron chi connectivity index (χ1n) is 7.66. The average Bonchev–Trinajstić information content (AvgIpc) is 2.96. The summed E-state index contributed by atoms with van der Waals surface area (Å²) >= 11 is 0. The van der Waals surface area contributed by atoms with Crippen LogP contribution in [0.3, 0.4) is 0 Å². The second-order valence-electron chi connectivity index (χ2n) is 5.70. The van der Waals surface area contributed by atoms with Crippen molar-refractivity contribution in [3.05, 3.63) is 42.5 Å². The topological polar surface area (TPSA) is 134 Å². The molecule has 0 bridgehead atoms. The summed E-state index contributed by atoms with van der Waals surface area (Å²) in [6.45, 7) is 0. The number of nitrogens with one attached hydrogen (secondary N) is 1. The molecule has 0 radical (unpaired) electrons. The van der Waals surface area contributed by atoms with Crippen molar-refractivity contribution < 1.29 is 32.6 Å². The monoisotopic (exact) mass is 377 g/mol. The van der Waals surface area contributed by atoms with Crippen molar-refractivity contribution in [2.45, 2.75) is 23.8 Å². The lowest BCUT2D eigenvalue weighted by Crippen LogP contribution is -2.41. The summed E-state index contributed by atoms with van der Waals surface area (Å²) in [5.74, 6) is -2.65. The number of hydrogen-bond acceptors (Lipinski definition) is 5. The van der Waals surface area contributed by atoms with Gasteiger partial charge in [0.25, 0.3) is 0 Å². The molecule has 1 aromatic heterocycles. The molecule has 1 atom stereocenters. The van der Waals surface area contributed by atoms with Crippen LogP contribution in [0.5, 0.6) is 0 Å². The van der Waals surface area contributed by atoms with Gasteiger partial charge in [0, 0.05) is 17.2 Å². The van der Waals surface area contributed by atoms with Gasteiger partial charge in [-0.1, -0.05) is 18.2 Å². The predicted molar refractivity (Wildman–Crippen MR) is 92.3 cm³/mol. The number of hydrogen-bond donors (Lipinski definition) is 3. The number of aliphatic carboxylic acids is 2. The molecule has 0 saturated carbocycles. The van der Waals surface area contributed by atoms with Crippen LogP contribution in [0.15, 0.2) is 51.8 Å². The van der Waals surface area contributed by atoms with Gasteiger partial charge < -0.3 is 14.6 Å². The van der Waals surface area contributed by atoms with Crippen LogP contribution in [0, 0.1) is 0 Å². The highest BCUT2D eigenvalue weighted by molar-refractivity contribution is 7.89. The van der Waals surface area contributed by atoms with E-state index in [2.05, 4.69) is 0 Å². The molecule has 136 valence electrons. The lowest BCUT2D eigenvalue weighted by molar-refractivity contribution is -0.140. The molecule has 26 heavy (non-hydrogen) atoms. The van der Waals surface area contributed by atoms with Crippen molar-refractivity contribution >= 4 is 43.9 Å². The minimum atomic E-state index is -4.16. The third kappa shape index (κ3) is 3.53. The minimum absolute atomic E-state index is 0.127. The predicted octanol–water partition coefficient (Wildman–Crippen LogP) is 2.18. The van der Waals surface area contributed by atoms with Crippen LogP contribution in [0.2, 0.25) is 0 Å². The second-order valence-corrected chi connectivity index (χ2v) is 7.41. The number of carboxylic acid groups (broad SMARTS) is 2. The van der Waals surface area contributed by atoms with E-state index >= 15 is 0 Å². The van der Waals surface area contributed by atoms with E-state index in [1.807, 2.05) is 4.72 Å². The van der Waals surface area contributed by atoms with Crippen LogP contribution in [-0.4, -0.2) is 36.6 Å². The minimum Gasteiger partial charge on any atom is -0.481 e. The molecule has 0 aliphatic heterocycles. The third-order valence-electron chi connectivity index (χ3n) is 3.90. The van der Waals surface area contributed by atoms with E-state index in [4.69, 9.17) is 14.6 Å². The van der Waals surface area contributed by atoms with E-state index in [1.165, 1.54) is 18.2 Å². The first-order valence-corrected chi connectivity index (χ1v) is 9.14. The maximum atomic E-state index is 12.5. The van der Waals surface area contributed by atoms with Crippen LogP contribution < -0.4 is 4.72 Å². The van der Waals surface area contributed by atoms with Crippen LogP contribution in [0.25, 0.3) is 21.9 Å². The maximum absolute atomic E-state index is 12.5. The van der Waals surface area contributed by atoms with Crippen molar-refractivity contribution in [2.24, 2.45) is 0 Å². The fourth-order valence-electron chi connectivity index (χ4n) is 2.63. The highest BCUT2D eigenvalue weighted by Crippen LogP contribution is 2.30. The molecule has 0 aliphatic carbocycles. The summed E-state index contributed by atoms with van der Waals surface area (Å²) in [5, 5.41) is 19.1. The number of rotatable bonds is 7. The Kier molecular flexibility index (Phi) is 4.66. The van der Waals surface area contributed by atoms with E-state index in [-0.39, 0.29) is 11.3 Å². The Bertz CT molecular complexity index is 1100. The van der Waals surface area contributed by atoms with Crippen LogP contribution in [-0.2, 0) is 19.6 Å². The van der Waals surface area contributed by atoms with Crippen molar-refractivity contribution in [2.75, 3.05) is 0 Å². The molecule has 0 spiro atoms. The fourth-order valence-corrected chi connectivity index (χ4v) is 3.88. The largest absolute Gasteiger partial charge is 0.481 e. The van der Waals surface area contributed by atoms with Gasteiger partial charge in [0.05, 0.1) is 4.90 Å². The zero-order valence-corrected chi connectivity index (χ0v) is 14.2. The first kappa shape index (κ1) is 17.9. The van der Waals surface area contributed by atoms with Gasteiger partial charge in [0.1, 0.15) is 17.2 Å². The zero-order chi connectivity index (χ0) is 18.9. The molecule has 3 aromatic rings.